The normalized spacial score (nSPS) is 14.7. The number of hydrogen-bond acceptors (Lipinski definition) is 5. The Bertz CT molecular complexity index is 1220. The molecule has 0 unspecified atom stereocenters. The lowest BCUT2D eigenvalue weighted by atomic mass is 9.89. The van der Waals surface area contributed by atoms with Crippen molar-refractivity contribution in [3.8, 4) is 0 Å². The van der Waals surface area contributed by atoms with E-state index in [9.17, 15) is 9.59 Å². The Morgan fingerprint density at radius 2 is 1.72 bits per heavy atom. The molecule has 6 heteroatoms. The standard InChI is InChI=1S/C26H23NO3S2/c28-24(18-7-2-1-3-8-18)19-12-14-27(15-13-19)26(29)25-21(17-32-23-11-6-16-31-23)20-9-4-5-10-22(20)30-25/h1-11,16,19H,12-15,17H2. The highest BCUT2D eigenvalue weighted by Crippen LogP contribution is 2.35. The topological polar surface area (TPSA) is 50.5 Å². The number of nitrogens with zero attached hydrogens (tertiary/aromatic N) is 1. The Hall–Kier alpha value is -2.83. The third-order valence-electron chi connectivity index (χ3n) is 5.96. The number of thioether (sulfide) groups is 1. The smallest absolute Gasteiger partial charge is 0.289 e. The molecule has 0 bridgehead atoms. The number of piperidine rings is 1. The van der Waals surface area contributed by atoms with E-state index in [0.29, 0.717) is 37.4 Å². The summed E-state index contributed by atoms with van der Waals surface area (Å²) >= 11 is 3.42. The van der Waals surface area contributed by atoms with E-state index in [-0.39, 0.29) is 17.6 Å². The minimum absolute atomic E-state index is 0.0361. The van der Waals surface area contributed by atoms with Crippen LogP contribution in [-0.4, -0.2) is 29.7 Å². The molecule has 162 valence electrons. The van der Waals surface area contributed by atoms with Gasteiger partial charge in [-0.05, 0) is 30.4 Å². The Labute approximate surface area is 195 Å². The molecule has 4 nitrogen and oxygen atoms in total. The number of ketones is 1. The van der Waals surface area contributed by atoms with Gasteiger partial charge in [-0.3, -0.25) is 9.59 Å². The summed E-state index contributed by atoms with van der Waals surface area (Å²) in [5.41, 5.74) is 2.45. The van der Waals surface area contributed by atoms with E-state index in [1.807, 2.05) is 65.6 Å². The van der Waals surface area contributed by atoms with Gasteiger partial charge < -0.3 is 9.32 Å². The molecule has 5 rings (SSSR count). The lowest BCUT2D eigenvalue weighted by Gasteiger charge is -2.31. The van der Waals surface area contributed by atoms with E-state index in [4.69, 9.17) is 4.42 Å². The summed E-state index contributed by atoms with van der Waals surface area (Å²) in [5, 5.41) is 3.05. The molecule has 1 aliphatic heterocycles. The number of hydrogen-bond donors (Lipinski definition) is 0. The number of rotatable bonds is 6. The van der Waals surface area contributed by atoms with Crippen molar-refractivity contribution in [3.05, 3.63) is 89.0 Å². The minimum atomic E-state index is -0.0754. The minimum Gasteiger partial charge on any atom is -0.451 e. The molecular weight excluding hydrogens is 438 g/mol. The molecule has 1 fully saturated rings. The second-order valence-electron chi connectivity index (χ2n) is 7.92. The van der Waals surface area contributed by atoms with Crippen LogP contribution in [0.5, 0.6) is 0 Å². The molecule has 0 aliphatic carbocycles. The van der Waals surface area contributed by atoms with Crippen molar-refractivity contribution in [1.29, 1.82) is 0 Å². The lowest BCUT2D eigenvalue weighted by molar-refractivity contribution is 0.0625. The van der Waals surface area contributed by atoms with Crippen LogP contribution in [0, 0.1) is 5.92 Å². The molecule has 1 amide bonds. The highest BCUT2D eigenvalue weighted by atomic mass is 32.2. The maximum absolute atomic E-state index is 13.4. The van der Waals surface area contributed by atoms with Gasteiger partial charge in [-0.1, -0.05) is 54.6 Å². The van der Waals surface area contributed by atoms with Crippen LogP contribution in [-0.2, 0) is 5.75 Å². The number of thiophene rings is 1. The molecule has 0 saturated carbocycles. The summed E-state index contributed by atoms with van der Waals surface area (Å²) in [5.74, 6) is 1.18. The van der Waals surface area contributed by atoms with Crippen LogP contribution >= 0.6 is 23.1 Å². The van der Waals surface area contributed by atoms with E-state index in [0.717, 1.165) is 22.1 Å². The van der Waals surface area contributed by atoms with Gasteiger partial charge in [0.2, 0.25) is 0 Å². The van der Waals surface area contributed by atoms with E-state index < -0.39 is 0 Å². The number of amides is 1. The molecule has 0 radical (unpaired) electrons. The number of benzene rings is 2. The first-order valence-corrected chi connectivity index (χ1v) is 12.6. The Kier molecular flexibility index (Phi) is 6.14. The van der Waals surface area contributed by atoms with Crippen LogP contribution < -0.4 is 0 Å². The van der Waals surface area contributed by atoms with Gasteiger partial charge in [-0.2, -0.15) is 0 Å². The van der Waals surface area contributed by atoms with Gasteiger partial charge in [0.25, 0.3) is 5.91 Å². The molecule has 2 aromatic carbocycles. The van der Waals surface area contributed by atoms with Crippen molar-refractivity contribution in [2.75, 3.05) is 13.1 Å². The van der Waals surface area contributed by atoms with Gasteiger partial charge in [0.15, 0.2) is 11.5 Å². The first kappa shape index (κ1) is 21.0. The first-order valence-electron chi connectivity index (χ1n) is 10.8. The molecular formula is C26H23NO3S2. The average molecular weight is 462 g/mol. The monoisotopic (exact) mass is 461 g/mol. The average Bonchev–Trinajstić information content (AvgIpc) is 3.50. The van der Waals surface area contributed by atoms with Gasteiger partial charge in [-0.15, -0.1) is 23.1 Å². The lowest BCUT2D eigenvalue weighted by Crippen LogP contribution is -2.40. The van der Waals surface area contributed by atoms with E-state index >= 15 is 0 Å². The van der Waals surface area contributed by atoms with Crippen molar-refractivity contribution in [2.24, 2.45) is 5.92 Å². The third-order valence-corrected chi connectivity index (χ3v) is 8.12. The zero-order chi connectivity index (χ0) is 21.9. The van der Waals surface area contributed by atoms with Crippen molar-refractivity contribution in [2.45, 2.75) is 22.8 Å². The van der Waals surface area contributed by atoms with Crippen LogP contribution in [0.15, 0.2) is 80.7 Å². The summed E-state index contributed by atoms with van der Waals surface area (Å²) in [4.78, 5) is 28.1. The second kappa shape index (κ2) is 9.35. The van der Waals surface area contributed by atoms with E-state index in [1.165, 1.54) is 4.21 Å². The van der Waals surface area contributed by atoms with Crippen molar-refractivity contribution in [1.82, 2.24) is 4.90 Å². The van der Waals surface area contributed by atoms with E-state index in [2.05, 4.69) is 11.4 Å². The number of Topliss-reactive ketones (excluding diaryl/α,β-unsaturated/α-hetero) is 1. The largest absolute Gasteiger partial charge is 0.451 e. The Balaban J connectivity index is 1.33. The number of likely N-dealkylation sites (tertiary alicyclic amines) is 1. The maximum atomic E-state index is 13.4. The highest BCUT2D eigenvalue weighted by molar-refractivity contribution is 8.00. The molecule has 1 saturated heterocycles. The van der Waals surface area contributed by atoms with Crippen LogP contribution in [0.1, 0.15) is 39.3 Å². The van der Waals surface area contributed by atoms with Crippen LogP contribution in [0.25, 0.3) is 11.0 Å². The van der Waals surface area contributed by atoms with Crippen LogP contribution in [0.4, 0.5) is 0 Å². The molecule has 0 N–H and O–H groups in total. The van der Waals surface area contributed by atoms with Crippen LogP contribution in [0.3, 0.4) is 0 Å². The second-order valence-corrected chi connectivity index (χ2v) is 10.1. The van der Waals surface area contributed by atoms with Crippen molar-refractivity contribution >= 4 is 45.8 Å². The number of furan rings is 1. The van der Waals surface area contributed by atoms with Gasteiger partial charge in [0.05, 0.1) is 4.21 Å². The molecule has 4 aromatic rings. The van der Waals surface area contributed by atoms with Gasteiger partial charge in [-0.25, -0.2) is 0 Å². The number of carbonyl (C=O) groups is 2. The Morgan fingerprint density at radius 1 is 0.969 bits per heavy atom. The molecule has 3 heterocycles. The molecule has 2 aromatic heterocycles. The molecule has 0 atom stereocenters. The zero-order valence-electron chi connectivity index (χ0n) is 17.5. The van der Waals surface area contributed by atoms with Gasteiger partial charge in [0.1, 0.15) is 5.58 Å². The summed E-state index contributed by atoms with van der Waals surface area (Å²) in [7, 11) is 0. The predicted octanol–water partition coefficient (Wildman–Crippen LogP) is 6.52. The van der Waals surface area contributed by atoms with Crippen molar-refractivity contribution < 1.29 is 14.0 Å². The highest BCUT2D eigenvalue weighted by Gasteiger charge is 2.31. The number of carbonyl (C=O) groups excluding carboxylic acids is 2. The fourth-order valence-corrected chi connectivity index (χ4v) is 6.04. The third kappa shape index (κ3) is 4.25. The maximum Gasteiger partial charge on any atom is 0.289 e. The number of fused-ring (bicyclic) bond motifs is 1. The first-order chi connectivity index (χ1) is 15.7. The summed E-state index contributed by atoms with van der Waals surface area (Å²) < 4.78 is 7.28. The molecule has 1 aliphatic rings. The fraction of sp³-hybridized carbons (Fsp3) is 0.231. The van der Waals surface area contributed by atoms with Gasteiger partial charge >= 0.3 is 0 Å². The summed E-state index contributed by atoms with van der Waals surface area (Å²) in [6.07, 6.45) is 1.36. The van der Waals surface area contributed by atoms with E-state index in [1.54, 1.807) is 23.1 Å². The van der Waals surface area contributed by atoms with Crippen LogP contribution in [0.2, 0.25) is 0 Å². The predicted molar refractivity (Wildman–Crippen MR) is 129 cm³/mol. The Morgan fingerprint density at radius 3 is 2.47 bits per heavy atom. The SMILES string of the molecule is O=C(c1ccccc1)C1CCN(C(=O)c2oc3ccccc3c2CSc2cccs2)CC1. The number of para-hydroxylation sites is 1. The van der Waals surface area contributed by atoms with Gasteiger partial charge in [0, 0.05) is 41.3 Å². The molecule has 32 heavy (non-hydrogen) atoms. The quantitative estimate of drug-likeness (QED) is 0.242. The molecule has 0 spiro atoms. The van der Waals surface area contributed by atoms with Crippen molar-refractivity contribution in [3.63, 3.8) is 0 Å². The summed E-state index contributed by atoms with van der Waals surface area (Å²) in [6, 6.07) is 21.4. The zero-order valence-corrected chi connectivity index (χ0v) is 19.2. The fourth-order valence-electron chi connectivity index (χ4n) is 4.23. The summed E-state index contributed by atoms with van der Waals surface area (Å²) in [6.45, 7) is 1.13.